The highest BCUT2D eigenvalue weighted by atomic mass is 16.5. The van der Waals surface area contributed by atoms with E-state index in [1.807, 2.05) is 0 Å². The first-order valence-corrected chi connectivity index (χ1v) is 7.46. The number of carbonyl (C=O) groups excluding carboxylic acids is 1. The van der Waals surface area contributed by atoms with Gasteiger partial charge in [0.2, 0.25) is 5.91 Å². The minimum absolute atomic E-state index is 0.249. The molecule has 0 radical (unpaired) electrons. The topological polar surface area (TPSA) is 103 Å². The highest BCUT2D eigenvalue weighted by Crippen LogP contribution is 1.85. The normalized spacial score (nSPS) is 10.6. The third kappa shape index (κ3) is 16.8. The second-order valence-corrected chi connectivity index (χ2v) is 4.43. The van der Waals surface area contributed by atoms with E-state index in [0.717, 1.165) is 13.0 Å². The molecule has 0 aromatic heterocycles. The minimum Gasteiger partial charge on any atom is -0.480 e. The van der Waals surface area contributed by atoms with E-state index in [0.29, 0.717) is 46.0 Å². The summed E-state index contributed by atoms with van der Waals surface area (Å²) in [6.45, 7) is 5.26. The average molecular weight is 321 g/mol. The molecule has 0 aromatic carbocycles. The molecule has 0 fully saturated rings. The molecule has 22 heavy (non-hydrogen) atoms. The van der Waals surface area contributed by atoms with E-state index >= 15 is 0 Å². The van der Waals surface area contributed by atoms with Gasteiger partial charge in [0.05, 0.1) is 26.4 Å². The van der Waals surface area contributed by atoms with Crippen LogP contribution < -0.4 is 5.32 Å². The van der Waals surface area contributed by atoms with Crippen LogP contribution in [0.4, 0.5) is 0 Å². The fraction of sp³-hybridized carbons (Fsp3) is 0.857. The first-order chi connectivity index (χ1) is 10.7. The molecule has 0 saturated carbocycles. The monoisotopic (exact) mass is 321 g/mol. The van der Waals surface area contributed by atoms with Gasteiger partial charge in [-0.3, -0.25) is 4.79 Å². The Morgan fingerprint density at radius 1 is 0.864 bits per heavy atom. The van der Waals surface area contributed by atoms with Crippen LogP contribution in [0.15, 0.2) is 0 Å². The third-order valence-electron chi connectivity index (χ3n) is 2.34. The fourth-order valence-electron chi connectivity index (χ4n) is 1.37. The maximum atomic E-state index is 11.2. The van der Waals surface area contributed by atoms with Crippen molar-refractivity contribution in [2.24, 2.45) is 0 Å². The van der Waals surface area contributed by atoms with Gasteiger partial charge in [0.15, 0.2) is 0 Å². The number of aliphatic carboxylic acids is 1. The van der Waals surface area contributed by atoms with Crippen LogP contribution in [0.3, 0.4) is 0 Å². The van der Waals surface area contributed by atoms with Crippen molar-refractivity contribution in [1.82, 2.24) is 5.32 Å². The third-order valence-corrected chi connectivity index (χ3v) is 2.34. The number of carbonyl (C=O) groups is 2. The lowest BCUT2D eigenvalue weighted by atomic mass is 10.4. The number of amides is 1. The number of hydrogen-bond donors (Lipinski definition) is 2. The molecule has 0 unspecified atom stereocenters. The van der Waals surface area contributed by atoms with Gasteiger partial charge in [0, 0.05) is 19.8 Å². The van der Waals surface area contributed by atoms with Crippen LogP contribution in [0, 0.1) is 0 Å². The van der Waals surface area contributed by atoms with Crippen LogP contribution in [0.5, 0.6) is 0 Å². The molecular formula is C14H27NO7. The van der Waals surface area contributed by atoms with E-state index < -0.39 is 12.6 Å². The predicted octanol–water partition coefficient (Wildman–Crippen LogP) is 0.0537. The minimum atomic E-state index is -1.10. The van der Waals surface area contributed by atoms with Crippen LogP contribution in [0.2, 0.25) is 0 Å². The molecule has 0 aliphatic heterocycles. The number of carboxylic acids is 1. The Kier molecular flexibility index (Phi) is 15.3. The number of nitrogens with one attached hydrogen (secondary N) is 1. The maximum absolute atomic E-state index is 11.2. The zero-order valence-electron chi connectivity index (χ0n) is 13.2. The molecule has 0 aliphatic carbocycles. The summed E-state index contributed by atoms with van der Waals surface area (Å²) in [7, 11) is 0. The molecule has 0 saturated heterocycles. The molecule has 0 atom stereocenters. The largest absolute Gasteiger partial charge is 0.480 e. The predicted molar refractivity (Wildman–Crippen MR) is 78.8 cm³/mol. The van der Waals surface area contributed by atoms with Gasteiger partial charge in [-0.05, 0) is 12.8 Å². The number of rotatable bonds is 16. The summed E-state index contributed by atoms with van der Waals surface area (Å²) >= 11 is 0. The van der Waals surface area contributed by atoms with Crippen molar-refractivity contribution in [2.45, 2.75) is 19.8 Å². The summed E-state index contributed by atoms with van der Waals surface area (Å²) in [5.41, 5.74) is 0. The van der Waals surface area contributed by atoms with Gasteiger partial charge >= 0.3 is 5.97 Å². The summed E-state index contributed by atoms with van der Waals surface area (Å²) < 4.78 is 20.5. The molecular weight excluding hydrogens is 294 g/mol. The highest BCUT2D eigenvalue weighted by molar-refractivity contribution is 5.77. The van der Waals surface area contributed by atoms with Crippen molar-refractivity contribution in [3.63, 3.8) is 0 Å². The molecule has 8 nitrogen and oxygen atoms in total. The number of hydrogen-bond acceptors (Lipinski definition) is 6. The molecule has 1 amide bonds. The van der Waals surface area contributed by atoms with Crippen molar-refractivity contribution < 1.29 is 33.6 Å². The second-order valence-electron chi connectivity index (χ2n) is 4.43. The van der Waals surface area contributed by atoms with Gasteiger partial charge < -0.3 is 29.4 Å². The van der Waals surface area contributed by atoms with Gasteiger partial charge in [0.25, 0.3) is 0 Å². The first-order valence-electron chi connectivity index (χ1n) is 7.46. The zero-order valence-corrected chi connectivity index (χ0v) is 13.2. The molecule has 0 heterocycles. The van der Waals surface area contributed by atoms with Crippen LogP contribution in [-0.4, -0.2) is 76.4 Å². The van der Waals surface area contributed by atoms with E-state index in [-0.39, 0.29) is 12.5 Å². The van der Waals surface area contributed by atoms with Gasteiger partial charge in [-0.15, -0.1) is 0 Å². The van der Waals surface area contributed by atoms with Crippen LogP contribution in [0.1, 0.15) is 19.8 Å². The molecule has 0 aliphatic rings. The molecule has 0 aromatic rings. The number of ether oxygens (including phenoxy) is 4. The van der Waals surface area contributed by atoms with Crippen LogP contribution in [0.25, 0.3) is 0 Å². The van der Waals surface area contributed by atoms with Crippen molar-refractivity contribution in [1.29, 1.82) is 0 Å². The molecule has 2 N–H and O–H groups in total. The zero-order chi connectivity index (χ0) is 16.5. The lowest BCUT2D eigenvalue weighted by molar-refractivity contribution is -0.143. The van der Waals surface area contributed by atoms with Gasteiger partial charge in [-0.25, -0.2) is 4.79 Å². The molecule has 0 bridgehead atoms. The van der Waals surface area contributed by atoms with Gasteiger partial charge in [0.1, 0.15) is 13.2 Å². The summed E-state index contributed by atoms with van der Waals surface area (Å²) in [6, 6.07) is 0. The number of carboxylic acid groups (broad SMARTS) is 1. The Morgan fingerprint density at radius 3 is 2.05 bits per heavy atom. The lowest BCUT2D eigenvalue weighted by Gasteiger charge is -2.07. The van der Waals surface area contributed by atoms with Gasteiger partial charge in [-0.2, -0.15) is 0 Å². The average Bonchev–Trinajstić information content (AvgIpc) is 2.48. The quantitative estimate of drug-likeness (QED) is 0.387. The van der Waals surface area contributed by atoms with Crippen molar-refractivity contribution in [3.05, 3.63) is 0 Å². The summed E-state index contributed by atoms with van der Waals surface area (Å²) in [5, 5.41) is 10.9. The van der Waals surface area contributed by atoms with Crippen LogP contribution in [-0.2, 0) is 28.5 Å². The Bertz CT molecular complexity index is 286. The maximum Gasteiger partial charge on any atom is 0.329 e. The Morgan fingerprint density at radius 2 is 1.45 bits per heavy atom. The Labute approximate surface area is 131 Å². The van der Waals surface area contributed by atoms with E-state index in [9.17, 15) is 9.59 Å². The SMILES string of the molecule is CCCOCCOCCOCCCNC(=O)COCC(=O)O. The highest BCUT2D eigenvalue weighted by Gasteiger charge is 2.02. The Hall–Kier alpha value is -1.22. The van der Waals surface area contributed by atoms with E-state index in [2.05, 4.69) is 17.0 Å². The smallest absolute Gasteiger partial charge is 0.329 e. The summed E-state index contributed by atoms with van der Waals surface area (Å²) in [6.07, 6.45) is 1.68. The standard InChI is InChI=1S/C14H27NO7/c1-2-5-19-7-9-21-10-8-20-6-3-4-15-13(16)11-22-12-14(17)18/h2-12H2,1H3,(H,15,16)(H,17,18). The molecule has 0 rings (SSSR count). The summed E-state index contributed by atoms with van der Waals surface area (Å²) in [4.78, 5) is 21.4. The van der Waals surface area contributed by atoms with E-state index in [1.165, 1.54) is 0 Å². The van der Waals surface area contributed by atoms with Crippen LogP contribution >= 0.6 is 0 Å². The fourth-order valence-corrected chi connectivity index (χ4v) is 1.37. The van der Waals surface area contributed by atoms with Crippen molar-refractivity contribution >= 4 is 11.9 Å². The van der Waals surface area contributed by atoms with E-state index in [1.54, 1.807) is 0 Å². The molecule has 8 heteroatoms. The Balaban J connectivity index is 3.13. The first kappa shape index (κ1) is 20.8. The van der Waals surface area contributed by atoms with Crippen molar-refractivity contribution in [3.8, 4) is 0 Å². The lowest BCUT2D eigenvalue weighted by Crippen LogP contribution is -2.30. The van der Waals surface area contributed by atoms with Gasteiger partial charge in [-0.1, -0.05) is 6.92 Å². The van der Waals surface area contributed by atoms with Crippen molar-refractivity contribution in [2.75, 3.05) is 59.4 Å². The summed E-state index contributed by atoms with van der Waals surface area (Å²) in [5.74, 6) is -1.43. The second kappa shape index (κ2) is 16.2. The molecule has 0 spiro atoms. The molecule has 130 valence electrons. The van der Waals surface area contributed by atoms with E-state index in [4.69, 9.17) is 19.3 Å².